The van der Waals surface area contributed by atoms with Gasteiger partial charge in [-0.15, -0.1) is 0 Å². The zero-order chi connectivity index (χ0) is 13.7. The van der Waals surface area contributed by atoms with Gasteiger partial charge in [-0.25, -0.2) is 0 Å². The van der Waals surface area contributed by atoms with Crippen molar-refractivity contribution in [3.05, 3.63) is 29.8 Å². The van der Waals surface area contributed by atoms with E-state index in [1.165, 1.54) is 12.1 Å². The molecule has 19 heavy (non-hydrogen) atoms. The van der Waals surface area contributed by atoms with Gasteiger partial charge in [-0.05, 0) is 37.2 Å². The van der Waals surface area contributed by atoms with Gasteiger partial charge in [0.2, 0.25) is 0 Å². The SMILES string of the molecule is FC(F)(F)c1ccc(OCC2CNCCCO2)cc1. The van der Waals surface area contributed by atoms with Crippen LogP contribution in [-0.4, -0.2) is 32.4 Å². The molecule has 0 amide bonds. The van der Waals surface area contributed by atoms with Gasteiger partial charge in [-0.2, -0.15) is 13.2 Å². The van der Waals surface area contributed by atoms with E-state index in [0.29, 0.717) is 25.5 Å². The lowest BCUT2D eigenvalue weighted by Gasteiger charge is -2.16. The minimum absolute atomic E-state index is 0.0650. The van der Waals surface area contributed by atoms with Gasteiger partial charge in [0.25, 0.3) is 0 Å². The second-order valence-corrected chi connectivity index (χ2v) is 4.38. The Morgan fingerprint density at radius 1 is 1.26 bits per heavy atom. The molecule has 0 aromatic heterocycles. The Labute approximate surface area is 109 Å². The summed E-state index contributed by atoms with van der Waals surface area (Å²) in [5.74, 6) is 0.417. The first-order valence-corrected chi connectivity index (χ1v) is 6.18. The van der Waals surface area contributed by atoms with Crippen LogP contribution in [0.25, 0.3) is 0 Å². The van der Waals surface area contributed by atoms with E-state index < -0.39 is 11.7 Å². The highest BCUT2D eigenvalue weighted by molar-refractivity contribution is 5.28. The molecule has 1 aliphatic heterocycles. The Morgan fingerprint density at radius 2 is 2.00 bits per heavy atom. The summed E-state index contributed by atoms with van der Waals surface area (Å²) < 4.78 is 48.1. The van der Waals surface area contributed by atoms with Crippen molar-refractivity contribution in [1.29, 1.82) is 0 Å². The fourth-order valence-electron chi connectivity index (χ4n) is 1.81. The van der Waals surface area contributed by atoms with Crippen molar-refractivity contribution in [1.82, 2.24) is 5.32 Å². The van der Waals surface area contributed by atoms with Crippen LogP contribution in [0.3, 0.4) is 0 Å². The Bertz CT molecular complexity index is 384. The number of nitrogens with one attached hydrogen (secondary N) is 1. The van der Waals surface area contributed by atoms with E-state index in [1.807, 2.05) is 0 Å². The molecule has 0 bridgehead atoms. The quantitative estimate of drug-likeness (QED) is 0.919. The van der Waals surface area contributed by atoms with E-state index >= 15 is 0 Å². The third-order valence-electron chi connectivity index (χ3n) is 2.84. The predicted molar refractivity (Wildman–Crippen MR) is 64.2 cm³/mol. The first kappa shape index (κ1) is 14.1. The van der Waals surface area contributed by atoms with Crippen molar-refractivity contribution in [2.24, 2.45) is 0 Å². The van der Waals surface area contributed by atoms with E-state index in [2.05, 4.69) is 5.32 Å². The number of halogens is 3. The summed E-state index contributed by atoms with van der Waals surface area (Å²) in [5, 5.41) is 3.21. The van der Waals surface area contributed by atoms with Crippen molar-refractivity contribution in [2.75, 3.05) is 26.3 Å². The van der Waals surface area contributed by atoms with E-state index in [-0.39, 0.29) is 6.10 Å². The van der Waals surface area contributed by atoms with Crippen LogP contribution >= 0.6 is 0 Å². The van der Waals surface area contributed by atoms with Crippen molar-refractivity contribution in [3.8, 4) is 5.75 Å². The highest BCUT2D eigenvalue weighted by atomic mass is 19.4. The molecule has 2 rings (SSSR count). The molecule has 1 atom stereocenters. The van der Waals surface area contributed by atoms with E-state index in [0.717, 1.165) is 25.1 Å². The summed E-state index contributed by atoms with van der Waals surface area (Å²) in [7, 11) is 0. The van der Waals surface area contributed by atoms with Gasteiger partial charge >= 0.3 is 6.18 Å². The summed E-state index contributed by atoms with van der Waals surface area (Å²) >= 11 is 0. The molecule has 1 aromatic rings. The molecule has 6 heteroatoms. The molecular weight excluding hydrogens is 259 g/mol. The summed E-state index contributed by atoms with van der Waals surface area (Å²) in [6.45, 7) is 2.61. The molecule has 1 fully saturated rings. The topological polar surface area (TPSA) is 30.5 Å². The third-order valence-corrected chi connectivity index (χ3v) is 2.84. The van der Waals surface area contributed by atoms with Gasteiger partial charge in [-0.3, -0.25) is 0 Å². The second-order valence-electron chi connectivity index (χ2n) is 4.38. The fourth-order valence-corrected chi connectivity index (χ4v) is 1.81. The molecule has 1 N–H and O–H groups in total. The summed E-state index contributed by atoms with van der Waals surface area (Å²) in [6, 6.07) is 4.68. The van der Waals surface area contributed by atoms with Crippen LogP contribution in [0.5, 0.6) is 5.75 Å². The van der Waals surface area contributed by atoms with E-state index in [1.54, 1.807) is 0 Å². The molecule has 0 spiro atoms. The average molecular weight is 275 g/mol. The monoisotopic (exact) mass is 275 g/mol. The lowest BCUT2D eigenvalue weighted by atomic mass is 10.2. The van der Waals surface area contributed by atoms with Gasteiger partial charge in [0.15, 0.2) is 0 Å². The van der Waals surface area contributed by atoms with Gasteiger partial charge in [0.1, 0.15) is 18.5 Å². The number of alkyl halides is 3. The third kappa shape index (κ3) is 4.40. The number of hydrogen-bond donors (Lipinski definition) is 1. The van der Waals surface area contributed by atoms with Gasteiger partial charge < -0.3 is 14.8 Å². The average Bonchev–Trinajstić information content (AvgIpc) is 2.64. The first-order valence-electron chi connectivity index (χ1n) is 6.18. The van der Waals surface area contributed by atoms with Crippen molar-refractivity contribution in [2.45, 2.75) is 18.7 Å². The maximum Gasteiger partial charge on any atom is 0.416 e. The molecule has 0 saturated carbocycles. The largest absolute Gasteiger partial charge is 0.491 e. The molecule has 3 nitrogen and oxygen atoms in total. The van der Waals surface area contributed by atoms with Crippen LogP contribution in [0.1, 0.15) is 12.0 Å². The predicted octanol–water partition coefficient (Wildman–Crippen LogP) is 2.46. The Hall–Kier alpha value is -1.27. The standard InChI is InChI=1S/C13H16F3NO2/c14-13(15,16)10-2-4-11(5-3-10)19-9-12-8-17-6-1-7-18-12/h2-5,12,17H,1,6-9H2. The van der Waals surface area contributed by atoms with Crippen LogP contribution in [0.4, 0.5) is 13.2 Å². The second kappa shape index (κ2) is 6.25. The number of ether oxygens (including phenoxy) is 2. The Morgan fingerprint density at radius 3 is 2.68 bits per heavy atom. The molecule has 1 saturated heterocycles. The summed E-state index contributed by atoms with van der Waals surface area (Å²) in [4.78, 5) is 0. The van der Waals surface area contributed by atoms with Crippen LogP contribution in [0.2, 0.25) is 0 Å². The minimum atomic E-state index is -4.31. The normalized spacial score (nSPS) is 20.9. The minimum Gasteiger partial charge on any atom is -0.491 e. The number of hydrogen-bond acceptors (Lipinski definition) is 3. The van der Waals surface area contributed by atoms with Crippen LogP contribution < -0.4 is 10.1 Å². The zero-order valence-corrected chi connectivity index (χ0v) is 10.4. The van der Waals surface area contributed by atoms with Crippen molar-refractivity contribution in [3.63, 3.8) is 0 Å². The zero-order valence-electron chi connectivity index (χ0n) is 10.4. The molecule has 0 radical (unpaired) electrons. The van der Waals surface area contributed by atoms with Crippen molar-refractivity contribution < 1.29 is 22.6 Å². The summed E-state index contributed by atoms with van der Waals surface area (Å²) in [6.07, 6.45) is -3.42. The van der Waals surface area contributed by atoms with Crippen LogP contribution in [0.15, 0.2) is 24.3 Å². The Balaban J connectivity index is 1.85. The fraction of sp³-hybridized carbons (Fsp3) is 0.538. The molecule has 106 valence electrons. The van der Waals surface area contributed by atoms with E-state index in [9.17, 15) is 13.2 Å². The lowest BCUT2D eigenvalue weighted by Crippen LogP contribution is -2.31. The molecule has 1 aliphatic rings. The maximum atomic E-state index is 12.4. The van der Waals surface area contributed by atoms with Crippen LogP contribution in [-0.2, 0) is 10.9 Å². The highest BCUT2D eigenvalue weighted by Crippen LogP contribution is 2.30. The highest BCUT2D eigenvalue weighted by Gasteiger charge is 2.30. The summed E-state index contributed by atoms with van der Waals surface area (Å²) in [5.41, 5.74) is -0.674. The number of benzene rings is 1. The molecular formula is C13H16F3NO2. The maximum absolute atomic E-state index is 12.4. The number of rotatable bonds is 3. The lowest BCUT2D eigenvalue weighted by molar-refractivity contribution is -0.137. The Kier molecular flexibility index (Phi) is 4.66. The molecule has 1 unspecified atom stereocenters. The van der Waals surface area contributed by atoms with Gasteiger partial charge in [0.05, 0.1) is 5.56 Å². The van der Waals surface area contributed by atoms with Gasteiger partial charge in [-0.1, -0.05) is 0 Å². The van der Waals surface area contributed by atoms with Gasteiger partial charge in [0, 0.05) is 13.2 Å². The molecule has 1 heterocycles. The van der Waals surface area contributed by atoms with E-state index in [4.69, 9.17) is 9.47 Å². The van der Waals surface area contributed by atoms with Crippen LogP contribution in [0, 0.1) is 0 Å². The molecule has 0 aliphatic carbocycles. The smallest absolute Gasteiger partial charge is 0.416 e. The molecule has 1 aromatic carbocycles. The first-order chi connectivity index (χ1) is 9.05. The van der Waals surface area contributed by atoms with Crippen molar-refractivity contribution >= 4 is 0 Å².